The van der Waals surface area contributed by atoms with E-state index in [2.05, 4.69) is 5.32 Å². The van der Waals surface area contributed by atoms with Gasteiger partial charge in [0.05, 0.1) is 11.5 Å². The summed E-state index contributed by atoms with van der Waals surface area (Å²) in [6.07, 6.45) is 0. The van der Waals surface area contributed by atoms with E-state index < -0.39 is 22.4 Å². The maximum atomic E-state index is 12.9. The highest BCUT2D eigenvalue weighted by atomic mass is 35.5. The van der Waals surface area contributed by atoms with Gasteiger partial charge in [-0.3, -0.25) is 19.8 Å². The van der Waals surface area contributed by atoms with Crippen molar-refractivity contribution in [1.82, 2.24) is 10.2 Å². The minimum Gasteiger partial charge on any atom is -0.319 e. The molecule has 0 unspecified atom stereocenters. The third-order valence-corrected chi connectivity index (χ3v) is 5.02. The number of non-ortho nitro benzene ring substituents is 1. The Bertz CT molecular complexity index is 896. The summed E-state index contributed by atoms with van der Waals surface area (Å²) >= 11 is 12.2. The largest absolute Gasteiger partial charge is 0.325 e. The highest BCUT2D eigenvalue weighted by molar-refractivity contribution is 6.36. The van der Waals surface area contributed by atoms with Crippen molar-refractivity contribution >= 4 is 40.8 Å². The third-order valence-electron chi connectivity index (χ3n) is 4.31. The van der Waals surface area contributed by atoms with Crippen LogP contribution in [-0.4, -0.2) is 21.8 Å². The highest BCUT2D eigenvalue weighted by Crippen LogP contribution is 2.33. The molecule has 0 aliphatic carbocycles. The zero-order valence-corrected chi connectivity index (χ0v) is 15.0. The van der Waals surface area contributed by atoms with E-state index in [1.54, 1.807) is 25.1 Å². The van der Waals surface area contributed by atoms with Crippen LogP contribution in [0.1, 0.15) is 18.1 Å². The molecule has 1 atom stereocenters. The van der Waals surface area contributed by atoms with Gasteiger partial charge in [0.25, 0.3) is 11.6 Å². The van der Waals surface area contributed by atoms with E-state index in [1.165, 1.54) is 24.3 Å². The third kappa shape index (κ3) is 3.00. The molecule has 0 saturated carbocycles. The van der Waals surface area contributed by atoms with Gasteiger partial charge in [-0.15, -0.1) is 0 Å². The van der Waals surface area contributed by atoms with Crippen LogP contribution >= 0.6 is 23.2 Å². The first kappa shape index (κ1) is 18.2. The van der Waals surface area contributed by atoms with Gasteiger partial charge in [0.15, 0.2) is 0 Å². The summed E-state index contributed by atoms with van der Waals surface area (Å²) in [6.45, 7) is 1.47. The van der Waals surface area contributed by atoms with Crippen LogP contribution in [0.2, 0.25) is 10.0 Å². The zero-order chi connectivity index (χ0) is 19.1. The van der Waals surface area contributed by atoms with E-state index in [0.29, 0.717) is 21.2 Å². The molecule has 1 aliphatic heterocycles. The number of hydrogen-bond donors (Lipinski definition) is 1. The van der Waals surface area contributed by atoms with Crippen LogP contribution in [0.5, 0.6) is 0 Å². The Morgan fingerprint density at radius 3 is 2.23 bits per heavy atom. The van der Waals surface area contributed by atoms with Gasteiger partial charge in [0.2, 0.25) is 0 Å². The van der Waals surface area contributed by atoms with Crippen LogP contribution in [0.4, 0.5) is 10.5 Å². The molecular formula is C17H13Cl2N3O4. The van der Waals surface area contributed by atoms with E-state index >= 15 is 0 Å². The van der Waals surface area contributed by atoms with Gasteiger partial charge in [-0.1, -0.05) is 29.3 Å². The van der Waals surface area contributed by atoms with E-state index in [4.69, 9.17) is 23.2 Å². The number of amides is 3. The zero-order valence-electron chi connectivity index (χ0n) is 13.5. The molecule has 1 heterocycles. The van der Waals surface area contributed by atoms with E-state index in [9.17, 15) is 19.7 Å². The van der Waals surface area contributed by atoms with Crippen molar-refractivity contribution < 1.29 is 14.5 Å². The number of nitro groups is 1. The lowest BCUT2D eigenvalue weighted by atomic mass is 9.92. The molecule has 1 N–H and O–H groups in total. The van der Waals surface area contributed by atoms with Crippen LogP contribution in [0.15, 0.2) is 42.5 Å². The second-order valence-electron chi connectivity index (χ2n) is 5.95. The molecular weight excluding hydrogens is 381 g/mol. The molecule has 9 heteroatoms. The first-order chi connectivity index (χ1) is 12.2. The van der Waals surface area contributed by atoms with E-state index in [1.807, 2.05) is 0 Å². The second-order valence-corrected chi connectivity index (χ2v) is 6.77. The maximum absolute atomic E-state index is 12.9. The minimum atomic E-state index is -1.33. The molecule has 2 aromatic rings. The molecule has 0 aromatic heterocycles. The predicted molar refractivity (Wildman–Crippen MR) is 96.0 cm³/mol. The summed E-state index contributed by atoms with van der Waals surface area (Å²) in [6, 6.07) is 9.78. The van der Waals surface area contributed by atoms with Crippen molar-refractivity contribution in [2.75, 3.05) is 0 Å². The highest BCUT2D eigenvalue weighted by Gasteiger charge is 2.49. The molecule has 3 amide bonds. The van der Waals surface area contributed by atoms with Crippen molar-refractivity contribution in [2.24, 2.45) is 0 Å². The first-order valence-electron chi connectivity index (χ1n) is 7.56. The molecule has 3 rings (SSSR count). The Morgan fingerprint density at radius 2 is 1.69 bits per heavy atom. The topological polar surface area (TPSA) is 92.6 Å². The van der Waals surface area contributed by atoms with Crippen molar-refractivity contribution in [3.63, 3.8) is 0 Å². The van der Waals surface area contributed by atoms with Gasteiger partial charge in [-0.25, -0.2) is 4.79 Å². The number of carbonyl (C=O) groups excluding carboxylic acids is 2. The van der Waals surface area contributed by atoms with Crippen LogP contribution in [0.25, 0.3) is 0 Å². The Labute approximate surface area is 158 Å². The first-order valence-corrected chi connectivity index (χ1v) is 8.31. The molecule has 1 saturated heterocycles. The molecule has 2 aromatic carbocycles. The van der Waals surface area contributed by atoms with Crippen LogP contribution in [-0.2, 0) is 16.9 Å². The van der Waals surface area contributed by atoms with Crippen molar-refractivity contribution in [3.8, 4) is 0 Å². The number of imide groups is 1. The molecule has 134 valence electrons. The molecule has 0 bridgehead atoms. The fourth-order valence-corrected chi connectivity index (χ4v) is 3.31. The Balaban J connectivity index is 1.91. The van der Waals surface area contributed by atoms with Crippen LogP contribution in [0, 0.1) is 10.1 Å². The monoisotopic (exact) mass is 393 g/mol. The standard InChI is InChI=1S/C17H13Cl2N3O4/c1-17(10-5-7-11(8-6-10)22(25)26)15(23)21(16(24)20-17)9-12-13(18)3-2-4-14(12)19/h2-8H,9H2,1H3,(H,20,24)/t17-/m0/s1. The minimum absolute atomic E-state index is 0.0776. The maximum Gasteiger partial charge on any atom is 0.325 e. The Kier molecular flexibility index (Phi) is 4.60. The number of urea groups is 1. The number of hydrogen-bond acceptors (Lipinski definition) is 4. The summed E-state index contributed by atoms with van der Waals surface area (Å²) < 4.78 is 0. The second kappa shape index (κ2) is 6.59. The number of nitro benzene ring substituents is 1. The van der Waals surface area contributed by atoms with Crippen LogP contribution < -0.4 is 5.32 Å². The van der Waals surface area contributed by atoms with E-state index in [-0.39, 0.29) is 12.2 Å². The smallest absolute Gasteiger partial charge is 0.319 e. The molecule has 0 spiro atoms. The number of benzene rings is 2. The molecule has 0 radical (unpaired) electrons. The summed E-state index contributed by atoms with van der Waals surface area (Å²) in [7, 11) is 0. The van der Waals surface area contributed by atoms with Gasteiger partial charge < -0.3 is 5.32 Å². The molecule has 7 nitrogen and oxygen atoms in total. The molecule has 1 aliphatic rings. The van der Waals surface area contributed by atoms with E-state index in [0.717, 1.165) is 4.90 Å². The van der Waals surface area contributed by atoms with Crippen molar-refractivity contribution in [2.45, 2.75) is 19.0 Å². The average Bonchev–Trinajstić information content (AvgIpc) is 2.82. The number of rotatable bonds is 4. The van der Waals surface area contributed by atoms with Gasteiger partial charge in [0.1, 0.15) is 5.54 Å². The Hall–Kier alpha value is -2.64. The Morgan fingerprint density at radius 1 is 1.12 bits per heavy atom. The summed E-state index contributed by atoms with van der Waals surface area (Å²) in [5.41, 5.74) is -0.532. The average molecular weight is 394 g/mol. The quantitative estimate of drug-likeness (QED) is 0.484. The summed E-state index contributed by atoms with van der Waals surface area (Å²) in [4.78, 5) is 36.6. The van der Waals surface area contributed by atoms with Gasteiger partial charge in [0, 0.05) is 27.7 Å². The lowest BCUT2D eigenvalue weighted by molar-refractivity contribution is -0.384. The summed E-state index contributed by atoms with van der Waals surface area (Å²) in [5.74, 6) is -0.493. The number of halogens is 2. The normalized spacial score (nSPS) is 19.6. The van der Waals surface area contributed by atoms with Crippen molar-refractivity contribution in [3.05, 3.63) is 73.8 Å². The number of nitrogens with zero attached hydrogens (tertiary/aromatic N) is 2. The number of carbonyl (C=O) groups is 2. The van der Waals surface area contributed by atoms with Crippen LogP contribution in [0.3, 0.4) is 0 Å². The lowest BCUT2D eigenvalue weighted by Crippen LogP contribution is -2.40. The molecule has 1 fully saturated rings. The summed E-state index contributed by atoms with van der Waals surface area (Å²) in [5, 5.41) is 14.1. The SMILES string of the molecule is C[C@@]1(c2ccc([N+](=O)[O-])cc2)NC(=O)N(Cc2c(Cl)cccc2Cl)C1=O. The predicted octanol–water partition coefficient (Wildman–Crippen LogP) is 3.87. The van der Waals surface area contributed by atoms with Gasteiger partial charge >= 0.3 is 6.03 Å². The van der Waals surface area contributed by atoms with Gasteiger partial charge in [-0.05, 0) is 36.8 Å². The fourth-order valence-electron chi connectivity index (χ4n) is 2.79. The molecule has 26 heavy (non-hydrogen) atoms. The number of nitrogens with one attached hydrogen (secondary N) is 1. The fraction of sp³-hybridized carbons (Fsp3) is 0.176. The lowest BCUT2D eigenvalue weighted by Gasteiger charge is -2.22. The van der Waals surface area contributed by atoms with Crippen molar-refractivity contribution in [1.29, 1.82) is 0 Å². The van der Waals surface area contributed by atoms with Gasteiger partial charge in [-0.2, -0.15) is 0 Å².